The minimum atomic E-state index is -1.10. The molecule has 9 heteroatoms. The number of benzene rings is 1. The predicted octanol–water partition coefficient (Wildman–Crippen LogP) is 4.84. The minimum Gasteiger partial charge on any atom is -0.478 e. The molecule has 1 aromatic carbocycles. The highest BCUT2D eigenvalue weighted by Gasteiger charge is 2.34. The van der Waals surface area contributed by atoms with E-state index in [0.717, 1.165) is 17.9 Å². The first-order valence-corrected chi connectivity index (χ1v) is 10.9. The number of thiocarbonyl (C=S) groups is 1. The number of hydrogen-bond donors (Lipinski definition) is 4. The van der Waals surface area contributed by atoms with Crippen molar-refractivity contribution in [3.8, 4) is 0 Å². The number of anilines is 1. The third-order valence-corrected chi connectivity index (χ3v) is 6.30. The number of fused-ring (bicyclic) bond motifs is 2. The number of carboxylic acids is 1. The lowest BCUT2D eigenvalue weighted by Crippen LogP contribution is -2.43. The molecule has 0 amide bonds. The lowest BCUT2D eigenvalue weighted by Gasteiger charge is -2.32. The first-order valence-electron chi connectivity index (χ1n) is 9.77. The molecule has 0 saturated carbocycles. The van der Waals surface area contributed by atoms with Crippen LogP contribution in [0.3, 0.4) is 0 Å². The molecule has 2 aromatic rings. The van der Waals surface area contributed by atoms with E-state index in [0.29, 0.717) is 11.0 Å². The Kier molecular flexibility index (Phi) is 6.46. The van der Waals surface area contributed by atoms with E-state index in [4.69, 9.17) is 40.5 Å². The summed E-state index contributed by atoms with van der Waals surface area (Å²) in [6.45, 7) is 0. The van der Waals surface area contributed by atoms with Crippen molar-refractivity contribution in [3.63, 3.8) is 0 Å². The fourth-order valence-electron chi connectivity index (χ4n) is 4.05. The second-order valence-corrected chi connectivity index (χ2v) is 8.70. The van der Waals surface area contributed by atoms with Crippen LogP contribution in [-0.4, -0.2) is 21.2 Å². The van der Waals surface area contributed by atoms with Gasteiger partial charge in [0.25, 0.3) is 0 Å². The smallest absolute Gasteiger partial charge is 0.337 e. The lowest BCUT2D eigenvalue weighted by molar-refractivity contribution is 0.0696. The standard InChI is InChI=1S/C22H20Cl2N4O2S/c23-15-8-7-13-6-5-12-3-1-2-4-16(12)19(17(13)10-15)26-22(31)28-27-20-18(24)9-14(11-25-20)21(29)30/h1-4,7-11,13,17,19H,5-6H2,(H,25,27)(H,29,30)(H2,26,28,31). The molecule has 3 atom stereocenters. The number of hydrogen-bond acceptors (Lipinski definition) is 4. The number of aryl methyl sites for hydroxylation is 1. The Bertz CT molecular complexity index is 1090. The number of aromatic carboxylic acids is 1. The highest BCUT2D eigenvalue weighted by molar-refractivity contribution is 7.80. The summed E-state index contributed by atoms with van der Waals surface area (Å²) in [4.78, 5) is 15.1. The first kappa shape index (κ1) is 21.6. The molecule has 1 heterocycles. The van der Waals surface area contributed by atoms with Crippen molar-refractivity contribution in [2.75, 3.05) is 5.43 Å². The summed E-state index contributed by atoms with van der Waals surface area (Å²) in [6, 6.07) is 9.61. The van der Waals surface area contributed by atoms with Crippen LogP contribution >= 0.6 is 35.4 Å². The number of aromatic nitrogens is 1. The Morgan fingerprint density at radius 3 is 2.84 bits per heavy atom. The SMILES string of the molecule is O=C(O)c1cnc(NNC(=S)NC2c3ccccc3CCC3C=CC(Cl)=CC32)c(Cl)c1. The number of carboxylic acid groups (broad SMARTS) is 1. The molecule has 0 bridgehead atoms. The van der Waals surface area contributed by atoms with Gasteiger partial charge in [-0.1, -0.05) is 59.6 Å². The summed E-state index contributed by atoms with van der Waals surface area (Å²) >= 11 is 18.0. The van der Waals surface area contributed by atoms with Gasteiger partial charge in [0.05, 0.1) is 16.6 Å². The summed E-state index contributed by atoms with van der Waals surface area (Å²) < 4.78 is 0. The number of rotatable bonds is 4. The van der Waals surface area contributed by atoms with Gasteiger partial charge in [-0.05, 0) is 54.2 Å². The van der Waals surface area contributed by atoms with Crippen molar-refractivity contribution >= 4 is 52.3 Å². The van der Waals surface area contributed by atoms with E-state index in [1.54, 1.807) is 0 Å². The van der Waals surface area contributed by atoms with Crippen LogP contribution in [0, 0.1) is 11.8 Å². The van der Waals surface area contributed by atoms with Crippen LogP contribution in [0.15, 0.2) is 59.8 Å². The first-order chi connectivity index (χ1) is 14.9. The summed E-state index contributed by atoms with van der Waals surface area (Å²) in [7, 11) is 0. The van der Waals surface area contributed by atoms with Crippen LogP contribution in [0.4, 0.5) is 5.82 Å². The van der Waals surface area contributed by atoms with Gasteiger partial charge in [-0.2, -0.15) is 0 Å². The molecule has 1 aromatic heterocycles. The molecule has 0 spiro atoms. The molecule has 0 saturated heterocycles. The number of hydrazine groups is 1. The second-order valence-electron chi connectivity index (χ2n) is 7.45. The summed E-state index contributed by atoms with van der Waals surface area (Å²) in [6.07, 6.45) is 9.47. The Hall–Kier alpha value is -2.61. The molecule has 0 aliphatic heterocycles. The van der Waals surface area contributed by atoms with Gasteiger partial charge >= 0.3 is 5.97 Å². The van der Waals surface area contributed by atoms with Crippen LogP contribution in [-0.2, 0) is 6.42 Å². The van der Waals surface area contributed by atoms with Crippen LogP contribution < -0.4 is 16.2 Å². The number of pyridine rings is 1. The van der Waals surface area contributed by atoms with E-state index in [2.05, 4.69) is 51.5 Å². The minimum absolute atomic E-state index is 0.00590. The molecule has 3 unspecified atom stereocenters. The molecule has 31 heavy (non-hydrogen) atoms. The van der Waals surface area contributed by atoms with Crippen LogP contribution in [0.5, 0.6) is 0 Å². The highest BCUT2D eigenvalue weighted by atomic mass is 35.5. The van der Waals surface area contributed by atoms with Gasteiger partial charge in [-0.15, -0.1) is 0 Å². The van der Waals surface area contributed by atoms with Crippen molar-refractivity contribution in [1.29, 1.82) is 0 Å². The molecule has 4 rings (SSSR count). The fraction of sp³-hybridized carbons (Fsp3) is 0.227. The highest BCUT2D eigenvalue weighted by Crippen LogP contribution is 2.41. The average Bonchev–Trinajstić information content (AvgIpc) is 2.90. The molecule has 4 N–H and O–H groups in total. The van der Waals surface area contributed by atoms with E-state index in [9.17, 15) is 4.79 Å². The zero-order valence-corrected chi connectivity index (χ0v) is 18.6. The van der Waals surface area contributed by atoms with Gasteiger partial charge in [-0.25, -0.2) is 9.78 Å². The van der Waals surface area contributed by atoms with Gasteiger partial charge in [0, 0.05) is 17.1 Å². The van der Waals surface area contributed by atoms with E-state index >= 15 is 0 Å². The summed E-state index contributed by atoms with van der Waals surface area (Å²) in [5.41, 5.74) is 8.23. The number of allylic oxidation sites excluding steroid dienone is 3. The molecule has 0 fully saturated rings. The van der Waals surface area contributed by atoms with E-state index in [-0.39, 0.29) is 28.4 Å². The molecular formula is C22H20Cl2N4O2S. The molecule has 0 radical (unpaired) electrons. The van der Waals surface area contributed by atoms with E-state index in [1.165, 1.54) is 23.4 Å². The third kappa shape index (κ3) is 4.84. The Labute approximate surface area is 195 Å². The quantitative estimate of drug-likeness (QED) is 0.372. The molecular weight excluding hydrogens is 455 g/mol. The normalized spacial score (nSPS) is 21.7. The van der Waals surface area contributed by atoms with Gasteiger partial charge in [0.15, 0.2) is 10.9 Å². The molecule has 2 aliphatic carbocycles. The van der Waals surface area contributed by atoms with Crippen molar-refractivity contribution in [1.82, 2.24) is 15.7 Å². The average molecular weight is 475 g/mol. The molecule has 160 valence electrons. The monoisotopic (exact) mass is 474 g/mol. The lowest BCUT2D eigenvalue weighted by atomic mass is 9.80. The zero-order chi connectivity index (χ0) is 22.0. The second kappa shape index (κ2) is 9.26. The fourth-order valence-corrected chi connectivity index (χ4v) is 4.66. The van der Waals surface area contributed by atoms with Crippen LogP contribution in [0.2, 0.25) is 5.02 Å². The topological polar surface area (TPSA) is 86.3 Å². The van der Waals surface area contributed by atoms with Crippen LogP contribution in [0.1, 0.15) is 33.9 Å². The maximum Gasteiger partial charge on any atom is 0.337 e. The predicted molar refractivity (Wildman–Crippen MR) is 126 cm³/mol. The van der Waals surface area contributed by atoms with Gasteiger partial charge in [0.2, 0.25) is 0 Å². The van der Waals surface area contributed by atoms with E-state index < -0.39 is 5.97 Å². The van der Waals surface area contributed by atoms with Crippen LogP contribution in [0.25, 0.3) is 0 Å². The van der Waals surface area contributed by atoms with Gasteiger partial charge in [-0.3, -0.25) is 10.9 Å². The Morgan fingerprint density at radius 1 is 1.26 bits per heavy atom. The Balaban J connectivity index is 1.51. The summed E-state index contributed by atoms with van der Waals surface area (Å²) in [5, 5.41) is 13.7. The number of nitrogens with one attached hydrogen (secondary N) is 3. The van der Waals surface area contributed by atoms with Crippen molar-refractivity contribution in [2.45, 2.75) is 18.9 Å². The van der Waals surface area contributed by atoms with Crippen molar-refractivity contribution < 1.29 is 9.90 Å². The zero-order valence-electron chi connectivity index (χ0n) is 16.3. The largest absolute Gasteiger partial charge is 0.478 e. The van der Waals surface area contributed by atoms with Gasteiger partial charge in [0.1, 0.15) is 0 Å². The van der Waals surface area contributed by atoms with E-state index in [1.807, 2.05) is 12.1 Å². The number of carbonyl (C=O) groups is 1. The Morgan fingerprint density at radius 2 is 2.06 bits per heavy atom. The van der Waals surface area contributed by atoms with Gasteiger partial charge < -0.3 is 10.4 Å². The number of nitrogens with zero attached hydrogens (tertiary/aromatic N) is 1. The maximum absolute atomic E-state index is 11.0. The third-order valence-electron chi connectivity index (χ3n) is 5.54. The van der Waals surface area contributed by atoms with Crippen molar-refractivity contribution in [2.24, 2.45) is 11.8 Å². The van der Waals surface area contributed by atoms with Crippen molar-refractivity contribution in [3.05, 3.63) is 81.5 Å². The number of halogens is 2. The molecule has 6 nitrogen and oxygen atoms in total. The summed E-state index contributed by atoms with van der Waals surface area (Å²) in [5.74, 6) is -0.320. The molecule has 2 aliphatic rings. The maximum atomic E-state index is 11.0.